The van der Waals surface area contributed by atoms with Crippen molar-refractivity contribution in [3.63, 3.8) is 0 Å². The van der Waals surface area contributed by atoms with Crippen molar-refractivity contribution in [1.29, 1.82) is 0 Å². The molecule has 4 N–H and O–H groups in total. The molecule has 1 aliphatic rings. The van der Waals surface area contributed by atoms with Gasteiger partial charge >= 0.3 is 5.97 Å². The van der Waals surface area contributed by atoms with E-state index in [1.165, 1.54) is 36.7 Å². The summed E-state index contributed by atoms with van der Waals surface area (Å²) in [7, 11) is 3.46. The molecular formula is C36H31F2N11O3. The Hall–Kier alpha value is -6.58. The van der Waals surface area contributed by atoms with Gasteiger partial charge in [-0.2, -0.15) is 10.2 Å². The molecule has 0 radical (unpaired) electrons. The molecule has 52 heavy (non-hydrogen) atoms. The standard InChI is InChI=1S/C21H21FN6O.C15H10FN5O2/c1-21(7-3-4-8-21)26-20(29)14-10-23-19-18(14)25-15(11-24-19)17-13-6-5-12(22)9-16(13)28(2)27-17;1-21-11-4-7(16)2-3-8(11)12(20-21)10-6-18-14-13(19-10)9(5-17-14)15(22)23/h5-6,9-11H,3-4,7-8H2,1-2H3,(H,23,24)(H,26,29);2-6H,1H3,(H,17,18)(H,22,23). The summed E-state index contributed by atoms with van der Waals surface area (Å²) >= 11 is 0. The van der Waals surface area contributed by atoms with Crippen LogP contribution in [0.25, 0.3) is 66.9 Å². The van der Waals surface area contributed by atoms with Gasteiger partial charge in [0, 0.05) is 42.8 Å². The Morgan fingerprint density at radius 2 is 1.27 bits per heavy atom. The molecular weight excluding hydrogens is 672 g/mol. The highest BCUT2D eigenvalue weighted by atomic mass is 19.1. The van der Waals surface area contributed by atoms with Crippen LogP contribution < -0.4 is 5.32 Å². The second-order valence-corrected chi connectivity index (χ2v) is 13.1. The van der Waals surface area contributed by atoms with Crippen LogP contribution in [-0.4, -0.2) is 72.0 Å². The first-order valence-corrected chi connectivity index (χ1v) is 16.5. The van der Waals surface area contributed by atoms with Gasteiger partial charge in [-0.3, -0.25) is 14.2 Å². The fraction of sp³-hybridized carbons (Fsp3) is 0.222. The summed E-state index contributed by atoms with van der Waals surface area (Å²) in [5.41, 5.74) is 5.41. The van der Waals surface area contributed by atoms with Crippen LogP contribution in [0.3, 0.4) is 0 Å². The average Bonchev–Trinajstić information content (AvgIpc) is 3.95. The number of carbonyl (C=O) groups excluding carboxylic acids is 1. The van der Waals surface area contributed by atoms with Crippen LogP contribution in [0.15, 0.2) is 61.2 Å². The van der Waals surface area contributed by atoms with Gasteiger partial charge < -0.3 is 20.4 Å². The number of aromatic carboxylic acids is 1. The fourth-order valence-corrected chi connectivity index (χ4v) is 6.81. The maximum atomic E-state index is 13.6. The number of benzene rings is 2. The van der Waals surface area contributed by atoms with Crippen molar-refractivity contribution in [3.8, 4) is 22.8 Å². The summed E-state index contributed by atoms with van der Waals surface area (Å²) in [6.45, 7) is 2.09. The van der Waals surface area contributed by atoms with Crippen LogP contribution >= 0.6 is 0 Å². The molecule has 0 spiro atoms. The number of nitrogens with one attached hydrogen (secondary N) is 3. The first-order chi connectivity index (χ1) is 25.0. The number of aromatic amines is 2. The van der Waals surface area contributed by atoms with Gasteiger partial charge in [-0.15, -0.1) is 0 Å². The molecule has 9 rings (SSSR count). The van der Waals surface area contributed by atoms with E-state index in [-0.39, 0.29) is 34.2 Å². The van der Waals surface area contributed by atoms with Crippen LogP contribution in [0.1, 0.15) is 53.3 Å². The van der Waals surface area contributed by atoms with E-state index in [2.05, 4.69) is 52.3 Å². The molecule has 6 heterocycles. The number of hydrogen-bond donors (Lipinski definition) is 4. The largest absolute Gasteiger partial charge is 0.478 e. The Labute approximate surface area is 292 Å². The molecule has 0 atom stereocenters. The first kappa shape index (κ1) is 32.6. The van der Waals surface area contributed by atoms with Crippen LogP contribution in [0.4, 0.5) is 8.78 Å². The van der Waals surface area contributed by atoms with Gasteiger partial charge in [-0.05, 0) is 56.2 Å². The summed E-state index contributed by atoms with van der Waals surface area (Å²) < 4.78 is 30.2. The molecule has 0 unspecified atom stereocenters. The van der Waals surface area contributed by atoms with Gasteiger partial charge in [0.2, 0.25) is 0 Å². The summed E-state index contributed by atoms with van der Waals surface area (Å²) in [6.07, 6.45) is 10.3. The van der Waals surface area contributed by atoms with E-state index >= 15 is 0 Å². The second-order valence-electron chi connectivity index (χ2n) is 13.1. The third-order valence-corrected chi connectivity index (χ3v) is 9.47. The topological polar surface area (TPSA) is 185 Å². The van der Waals surface area contributed by atoms with E-state index in [1.807, 2.05) is 0 Å². The monoisotopic (exact) mass is 703 g/mol. The number of halogens is 2. The molecule has 0 bridgehead atoms. The fourth-order valence-electron chi connectivity index (χ4n) is 6.81. The van der Waals surface area contributed by atoms with E-state index in [0.29, 0.717) is 56.2 Å². The van der Waals surface area contributed by atoms with Crippen molar-refractivity contribution < 1.29 is 23.5 Å². The molecule has 8 aromatic rings. The molecule has 14 nitrogen and oxygen atoms in total. The van der Waals surface area contributed by atoms with Gasteiger partial charge in [-0.25, -0.2) is 33.5 Å². The van der Waals surface area contributed by atoms with Crippen molar-refractivity contribution in [3.05, 3.63) is 83.9 Å². The van der Waals surface area contributed by atoms with Gasteiger partial charge in [0.25, 0.3) is 5.91 Å². The highest BCUT2D eigenvalue weighted by molar-refractivity contribution is 6.05. The quantitative estimate of drug-likeness (QED) is 0.165. The Bertz CT molecular complexity index is 2700. The Morgan fingerprint density at radius 1 is 0.788 bits per heavy atom. The molecule has 1 aliphatic carbocycles. The number of aromatic nitrogens is 10. The number of H-pyrrole nitrogens is 2. The van der Waals surface area contributed by atoms with Crippen LogP contribution in [0.5, 0.6) is 0 Å². The number of carbonyl (C=O) groups is 2. The minimum absolute atomic E-state index is 0.0423. The normalized spacial score (nSPS) is 13.9. The summed E-state index contributed by atoms with van der Waals surface area (Å²) in [6, 6.07) is 8.88. The molecule has 1 amide bonds. The van der Waals surface area contributed by atoms with Crippen LogP contribution in [0.2, 0.25) is 0 Å². The first-order valence-electron chi connectivity index (χ1n) is 16.5. The van der Waals surface area contributed by atoms with E-state index in [1.54, 1.807) is 48.0 Å². The van der Waals surface area contributed by atoms with Crippen molar-refractivity contribution in [1.82, 2.24) is 54.8 Å². The number of aryl methyl sites for hydroxylation is 2. The molecule has 262 valence electrons. The van der Waals surface area contributed by atoms with E-state index < -0.39 is 5.97 Å². The zero-order valence-corrected chi connectivity index (χ0v) is 28.2. The molecule has 2 aromatic carbocycles. The summed E-state index contributed by atoms with van der Waals surface area (Å²) in [5, 5.41) is 22.7. The molecule has 0 aliphatic heterocycles. The zero-order valence-electron chi connectivity index (χ0n) is 28.2. The van der Waals surface area contributed by atoms with Crippen LogP contribution in [0, 0.1) is 11.6 Å². The highest BCUT2D eigenvalue weighted by Crippen LogP contribution is 2.32. The van der Waals surface area contributed by atoms with Crippen molar-refractivity contribution in [2.24, 2.45) is 14.1 Å². The minimum Gasteiger partial charge on any atom is -0.478 e. The lowest BCUT2D eigenvalue weighted by atomic mass is 10.0. The van der Waals surface area contributed by atoms with E-state index in [4.69, 9.17) is 0 Å². The van der Waals surface area contributed by atoms with Crippen LogP contribution in [-0.2, 0) is 14.1 Å². The number of amides is 1. The van der Waals surface area contributed by atoms with Gasteiger partial charge in [0.15, 0.2) is 11.3 Å². The number of rotatable bonds is 5. The predicted molar refractivity (Wildman–Crippen MR) is 188 cm³/mol. The van der Waals surface area contributed by atoms with Crippen molar-refractivity contribution in [2.75, 3.05) is 0 Å². The highest BCUT2D eigenvalue weighted by Gasteiger charge is 2.31. The Balaban J connectivity index is 0.000000153. The SMILES string of the molecule is Cn1nc(-c2cnc3[nH]cc(C(=O)NC4(C)CCCC4)c3n2)c2ccc(F)cc21.Cn1nc(-c2cnc3[nH]cc(C(=O)O)c3n2)c2ccc(F)cc21. The molecule has 1 saturated carbocycles. The number of fused-ring (bicyclic) bond motifs is 4. The third-order valence-electron chi connectivity index (χ3n) is 9.47. The lowest BCUT2D eigenvalue weighted by Gasteiger charge is -2.24. The Kier molecular flexibility index (Phi) is 7.73. The minimum atomic E-state index is -1.09. The summed E-state index contributed by atoms with van der Waals surface area (Å²) in [5.74, 6) is -1.92. The Morgan fingerprint density at radius 3 is 1.77 bits per heavy atom. The number of carboxylic acids is 1. The third kappa shape index (κ3) is 5.67. The van der Waals surface area contributed by atoms with E-state index in [0.717, 1.165) is 36.5 Å². The van der Waals surface area contributed by atoms with E-state index in [9.17, 15) is 23.5 Å². The molecule has 0 saturated heterocycles. The number of hydrogen-bond acceptors (Lipinski definition) is 8. The number of carboxylic acid groups (broad SMARTS) is 1. The lowest BCUT2D eigenvalue weighted by molar-refractivity contribution is 0.0698. The second kappa shape index (κ2) is 12.3. The lowest BCUT2D eigenvalue weighted by Crippen LogP contribution is -2.43. The predicted octanol–water partition coefficient (Wildman–Crippen LogP) is 6.06. The maximum absolute atomic E-state index is 13.6. The molecule has 1 fully saturated rings. The number of nitrogens with zero attached hydrogens (tertiary/aromatic N) is 8. The average molecular weight is 704 g/mol. The van der Waals surface area contributed by atoms with Gasteiger partial charge in [0.1, 0.15) is 51.0 Å². The zero-order chi connectivity index (χ0) is 36.3. The molecule has 16 heteroatoms. The maximum Gasteiger partial charge on any atom is 0.339 e. The van der Waals surface area contributed by atoms with Gasteiger partial charge in [-0.1, -0.05) is 12.8 Å². The van der Waals surface area contributed by atoms with Gasteiger partial charge in [0.05, 0.1) is 29.0 Å². The molecule has 6 aromatic heterocycles. The van der Waals surface area contributed by atoms with Crippen molar-refractivity contribution >= 4 is 56.0 Å². The summed E-state index contributed by atoms with van der Waals surface area (Å²) in [4.78, 5) is 47.6. The van der Waals surface area contributed by atoms with Crippen molar-refractivity contribution in [2.45, 2.75) is 38.1 Å². The smallest absolute Gasteiger partial charge is 0.339 e.